The number of nitrogens with zero attached hydrogens (tertiary/aromatic N) is 1. The molecule has 4 nitrogen and oxygen atoms in total. The van der Waals surface area contributed by atoms with E-state index in [-0.39, 0.29) is 17.7 Å². The number of hydrogen-bond acceptors (Lipinski definition) is 2. The Balaban J connectivity index is 1.88. The van der Waals surface area contributed by atoms with Crippen LogP contribution in [0.4, 0.5) is 0 Å². The first-order valence-corrected chi connectivity index (χ1v) is 11.8. The molecular formula is C29H34N2O2. The second-order valence-electron chi connectivity index (χ2n) is 8.22. The largest absolute Gasteiger partial charge is 0.355 e. The second-order valence-corrected chi connectivity index (χ2v) is 8.22. The van der Waals surface area contributed by atoms with Crippen molar-refractivity contribution in [2.75, 3.05) is 13.1 Å². The van der Waals surface area contributed by atoms with Gasteiger partial charge in [0.15, 0.2) is 0 Å². The molecule has 0 aliphatic rings. The molecule has 0 aliphatic carbocycles. The molecule has 0 aliphatic heterocycles. The summed E-state index contributed by atoms with van der Waals surface area (Å²) in [6, 6.07) is 29.9. The number of carbonyl (C=O) groups is 2. The van der Waals surface area contributed by atoms with E-state index in [1.807, 2.05) is 68.4 Å². The molecule has 0 saturated heterocycles. The molecule has 3 aromatic carbocycles. The molecule has 33 heavy (non-hydrogen) atoms. The third-order valence-corrected chi connectivity index (χ3v) is 6.00. The molecule has 0 fully saturated rings. The SMILES string of the molecule is CCNC(=O)[C@H](CC)N(CCc1ccccc1)C(=O)CC(c1ccccc1)c1ccccc1. The fourth-order valence-electron chi connectivity index (χ4n) is 4.28. The van der Waals surface area contributed by atoms with Crippen LogP contribution in [0.2, 0.25) is 0 Å². The van der Waals surface area contributed by atoms with Crippen molar-refractivity contribution in [1.82, 2.24) is 10.2 Å². The van der Waals surface area contributed by atoms with E-state index in [2.05, 4.69) is 41.7 Å². The highest BCUT2D eigenvalue weighted by atomic mass is 16.2. The lowest BCUT2D eigenvalue weighted by atomic mass is 9.88. The summed E-state index contributed by atoms with van der Waals surface area (Å²) in [5, 5.41) is 2.91. The van der Waals surface area contributed by atoms with Gasteiger partial charge in [0.2, 0.25) is 11.8 Å². The predicted octanol–water partition coefficient (Wildman–Crippen LogP) is 5.19. The number of benzene rings is 3. The quantitative estimate of drug-likeness (QED) is 0.444. The van der Waals surface area contributed by atoms with E-state index >= 15 is 0 Å². The van der Waals surface area contributed by atoms with E-state index in [1.54, 1.807) is 4.90 Å². The summed E-state index contributed by atoms with van der Waals surface area (Å²) in [7, 11) is 0. The molecule has 172 valence electrons. The first kappa shape index (κ1) is 24.2. The summed E-state index contributed by atoms with van der Waals surface area (Å²) in [5.41, 5.74) is 3.36. The van der Waals surface area contributed by atoms with Crippen LogP contribution in [0.3, 0.4) is 0 Å². The molecule has 0 spiro atoms. The Kier molecular flexibility index (Phi) is 9.25. The summed E-state index contributed by atoms with van der Waals surface area (Å²) >= 11 is 0. The van der Waals surface area contributed by atoms with Gasteiger partial charge in [-0.25, -0.2) is 0 Å². The summed E-state index contributed by atoms with van der Waals surface area (Å²) in [4.78, 5) is 28.4. The van der Waals surface area contributed by atoms with Crippen LogP contribution in [-0.2, 0) is 16.0 Å². The molecule has 2 amide bonds. The second kappa shape index (κ2) is 12.6. The number of rotatable bonds is 11. The van der Waals surface area contributed by atoms with E-state index < -0.39 is 6.04 Å². The van der Waals surface area contributed by atoms with Crippen LogP contribution in [0, 0.1) is 0 Å². The molecule has 0 radical (unpaired) electrons. The number of amides is 2. The van der Waals surface area contributed by atoms with Crippen molar-refractivity contribution < 1.29 is 9.59 Å². The maximum absolute atomic E-state index is 13.8. The van der Waals surface area contributed by atoms with E-state index in [1.165, 1.54) is 0 Å². The zero-order chi connectivity index (χ0) is 23.5. The van der Waals surface area contributed by atoms with E-state index in [4.69, 9.17) is 0 Å². The Morgan fingerprint density at radius 3 is 1.79 bits per heavy atom. The Morgan fingerprint density at radius 1 is 0.788 bits per heavy atom. The third-order valence-electron chi connectivity index (χ3n) is 6.00. The lowest BCUT2D eigenvalue weighted by molar-refractivity contribution is -0.140. The van der Waals surface area contributed by atoms with Crippen LogP contribution in [-0.4, -0.2) is 35.8 Å². The molecule has 0 aromatic heterocycles. The predicted molar refractivity (Wildman–Crippen MR) is 134 cm³/mol. The highest BCUT2D eigenvalue weighted by Crippen LogP contribution is 2.29. The van der Waals surface area contributed by atoms with E-state index in [9.17, 15) is 9.59 Å². The van der Waals surface area contributed by atoms with Gasteiger partial charge in [-0.2, -0.15) is 0 Å². The number of hydrogen-bond donors (Lipinski definition) is 1. The van der Waals surface area contributed by atoms with E-state index in [0.717, 1.165) is 16.7 Å². The lowest BCUT2D eigenvalue weighted by Gasteiger charge is -2.32. The molecule has 0 heterocycles. The Hall–Kier alpha value is -3.40. The van der Waals surface area contributed by atoms with Gasteiger partial charge < -0.3 is 10.2 Å². The van der Waals surface area contributed by atoms with Crippen LogP contribution >= 0.6 is 0 Å². The van der Waals surface area contributed by atoms with Gasteiger partial charge in [0.1, 0.15) is 6.04 Å². The molecule has 3 rings (SSSR count). The van der Waals surface area contributed by atoms with Gasteiger partial charge in [0.05, 0.1) is 0 Å². The van der Waals surface area contributed by atoms with Crippen molar-refractivity contribution in [3.8, 4) is 0 Å². The molecular weight excluding hydrogens is 408 g/mol. The lowest BCUT2D eigenvalue weighted by Crippen LogP contribution is -2.50. The summed E-state index contributed by atoms with van der Waals surface area (Å²) in [6.45, 7) is 4.93. The summed E-state index contributed by atoms with van der Waals surface area (Å²) in [5.74, 6) is -0.148. The van der Waals surface area contributed by atoms with Crippen LogP contribution in [0.5, 0.6) is 0 Å². The standard InChI is InChI=1S/C29H34N2O2/c1-3-27(29(33)30-4-2)31(21-20-23-14-8-5-9-15-23)28(32)22-26(24-16-10-6-11-17-24)25-18-12-7-13-19-25/h5-19,26-27H,3-4,20-22H2,1-2H3,(H,30,33)/t27-/m0/s1. The monoisotopic (exact) mass is 442 g/mol. The molecule has 0 saturated carbocycles. The van der Waals surface area contributed by atoms with Crippen molar-refractivity contribution >= 4 is 11.8 Å². The maximum Gasteiger partial charge on any atom is 0.242 e. The Labute approximate surface area is 197 Å². The number of nitrogens with one attached hydrogen (secondary N) is 1. The average molecular weight is 443 g/mol. The van der Waals surface area contributed by atoms with Crippen LogP contribution in [0.15, 0.2) is 91.0 Å². The van der Waals surface area contributed by atoms with Gasteiger partial charge >= 0.3 is 0 Å². The first-order chi connectivity index (χ1) is 16.1. The molecule has 1 atom stereocenters. The van der Waals surface area contributed by atoms with Gasteiger partial charge in [-0.3, -0.25) is 9.59 Å². The third kappa shape index (κ3) is 6.79. The van der Waals surface area contributed by atoms with Gasteiger partial charge in [0, 0.05) is 25.4 Å². The first-order valence-electron chi connectivity index (χ1n) is 11.8. The highest BCUT2D eigenvalue weighted by molar-refractivity contribution is 5.88. The molecule has 3 aromatic rings. The van der Waals surface area contributed by atoms with Crippen molar-refractivity contribution in [3.63, 3.8) is 0 Å². The van der Waals surface area contributed by atoms with Crippen LogP contribution in [0.25, 0.3) is 0 Å². The minimum atomic E-state index is -0.478. The van der Waals surface area contributed by atoms with Crippen LogP contribution < -0.4 is 5.32 Å². The summed E-state index contributed by atoms with van der Waals surface area (Å²) < 4.78 is 0. The van der Waals surface area contributed by atoms with E-state index in [0.29, 0.717) is 32.4 Å². The van der Waals surface area contributed by atoms with Crippen LogP contribution in [0.1, 0.15) is 49.3 Å². The highest BCUT2D eigenvalue weighted by Gasteiger charge is 2.30. The molecule has 4 heteroatoms. The fraction of sp³-hybridized carbons (Fsp3) is 0.310. The maximum atomic E-state index is 13.8. The number of carbonyl (C=O) groups excluding carboxylic acids is 2. The van der Waals surface area contributed by atoms with Crippen molar-refractivity contribution in [2.45, 2.75) is 45.1 Å². The van der Waals surface area contributed by atoms with Gasteiger partial charge in [-0.05, 0) is 36.5 Å². The van der Waals surface area contributed by atoms with Gasteiger partial charge in [-0.15, -0.1) is 0 Å². The average Bonchev–Trinajstić information content (AvgIpc) is 2.86. The molecule has 0 bridgehead atoms. The molecule has 1 N–H and O–H groups in total. The smallest absolute Gasteiger partial charge is 0.242 e. The minimum absolute atomic E-state index is 0.00161. The zero-order valence-corrected chi connectivity index (χ0v) is 19.6. The Bertz CT molecular complexity index is 950. The Morgan fingerprint density at radius 2 is 1.30 bits per heavy atom. The topological polar surface area (TPSA) is 49.4 Å². The van der Waals surface area contributed by atoms with Gasteiger partial charge in [-0.1, -0.05) is 97.9 Å². The van der Waals surface area contributed by atoms with Crippen molar-refractivity contribution in [2.24, 2.45) is 0 Å². The summed E-state index contributed by atoms with van der Waals surface area (Å²) in [6.07, 6.45) is 1.61. The van der Waals surface area contributed by atoms with Crippen molar-refractivity contribution in [1.29, 1.82) is 0 Å². The van der Waals surface area contributed by atoms with Crippen molar-refractivity contribution in [3.05, 3.63) is 108 Å². The normalized spacial score (nSPS) is 11.7. The molecule has 0 unspecified atom stereocenters. The fourth-order valence-corrected chi connectivity index (χ4v) is 4.28. The number of likely N-dealkylation sites (N-methyl/N-ethyl adjacent to an activating group) is 1. The zero-order valence-electron chi connectivity index (χ0n) is 19.6. The van der Waals surface area contributed by atoms with Gasteiger partial charge in [0.25, 0.3) is 0 Å². The minimum Gasteiger partial charge on any atom is -0.355 e.